The number of amides is 2. The Labute approximate surface area is 192 Å². The van der Waals surface area contributed by atoms with Gasteiger partial charge in [0.2, 0.25) is 5.91 Å². The lowest BCUT2D eigenvalue weighted by atomic mass is 10.1. The molecule has 1 heterocycles. The molecule has 2 N–H and O–H groups in total. The number of nitrogens with zero attached hydrogens (tertiary/aromatic N) is 1. The third-order valence-electron chi connectivity index (χ3n) is 5.30. The van der Waals surface area contributed by atoms with E-state index >= 15 is 0 Å². The minimum atomic E-state index is -0.428. The first kappa shape index (κ1) is 22.0. The summed E-state index contributed by atoms with van der Waals surface area (Å²) in [6.07, 6.45) is 3.24. The van der Waals surface area contributed by atoms with Crippen molar-refractivity contribution in [1.29, 1.82) is 0 Å². The second kappa shape index (κ2) is 8.70. The summed E-state index contributed by atoms with van der Waals surface area (Å²) in [5.74, 6) is -0.774. The molecule has 0 bridgehead atoms. The van der Waals surface area contributed by atoms with Crippen LogP contribution in [0.15, 0.2) is 57.9 Å². The van der Waals surface area contributed by atoms with E-state index in [1.807, 2.05) is 0 Å². The van der Waals surface area contributed by atoms with Crippen molar-refractivity contribution in [1.82, 2.24) is 4.57 Å². The second-order valence-corrected chi connectivity index (χ2v) is 8.78. The van der Waals surface area contributed by atoms with Gasteiger partial charge >= 0.3 is 0 Å². The van der Waals surface area contributed by atoms with Crippen LogP contribution in [0.2, 0.25) is 0 Å². The highest BCUT2D eigenvalue weighted by Gasteiger charge is 2.29. The molecule has 1 fully saturated rings. The Bertz CT molecular complexity index is 1270. The molecular formula is C24H21BrFN3O3. The highest BCUT2D eigenvalue weighted by molar-refractivity contribution is 9.10. The zero-order valence-corrected chi connectivity index (χ0v) is 19.1. The smallest absolute Gasteiger partial charge is 0.257 e. The van der Waals surface area contributed by atoms with E-state index in [-0.39, 0.29) is 28.8 Å². The van der Waals surface area contributed by atoms with Gasteiger partial charge in [0.25, 0.3) is 11.5 Å². The maximum Gasteiger partial charge on any atom is 0.257 e. The van der Waals surface area contributed by atoms with Crippen molar-refractivity contribution in [2.45, 2.75) is 26.7 Å². The largest absolute Gasteiger partial charge is 0.326 e. The van der Waals surface area contributed by atoms with Crippen LogP contribution in [0.3, 0.4) is 0 Å². The van der Waals surface area contributed by atoms with Gasteiger partial charge in [-0.05, 0) is 90.1 Å². The summed E-state index contributed by atoms with van der Waals surface area (Å²) in [6, 6.07) is 10.6. The van der Waals surface area contributed by atoms with Gasteiger partial charge in [0.1, 0.15) is 5.82 Å². The summed E-state index contributed by atoms with van der Waals surface area (Å²) >= 11 is 3.41. The number of hydrogen-bond donors (Lipinski definition) is 2. The number of hydrogen-bond acceptors (Lipinski definition) is 3. The van der Waals surface area contributed by atoms with Gasteiger partial charge in [0.15, 0.2) is 0 Å². The van der Waals surface area contributed by atoms with Gasteiger partial charge in [-0.1, -0.05) is 0 Å². The number of pyridine rings is 1. The summed E-state index contributed by atoms with van der Waals surface area (Å²) in [5, 5.41) is 5.66. The molecule has 1 saturated carbocycles. The Morgan fingerprint density at radius 1 is 1.03 bits per heavy atom. The first-order valence-electron chi connectivity index (χ1n) is 10.1. The maximum atomic E-state index is 13.7. The van der Waals surface area contributed by atoms with Crippen molar-refractivity contribution < 1.29 is 14.0 Å². The summed E-state index contributed by atoms with van der Waals surface area (Å²) in [6.45, 7) is 3.42. The molecule has 1 aromatic heterocycles. The van der Waals surface area contributed by atoms with E-state index < -0.39 is 5.91 Å². The quantitative estimate of drug-likeness (QED) is 0.522. The van der Waals surface area contributed by atoms with Gasteiger partial charge in [-0.3, -0.25) is 19.0 Å². The number of aromatic nitrogens is 1. The number of carbonyl (C=O) groups is 2. The van der Waals surface area contributed by atoms with Gasteiger partial charge in [-0.2, -0.15) is 0 Å². The molecule has 32 heavy (non-hydrogen) atoms. The van der Waals surface area contributed by atoms with E-state index in [0.29, 0.717) is 32.7 Å². The number of aryl methyl sites for hydroxylation is 2. The maximum absolute atomic E-state index is 13.7. The molecule has 0 saturated heterocycles. The third kappa shape index (κ3) is 4.65. The van der Waals surface area contributed by atoms with E-state index in [1.54, 1.807) is 32.0 Å². The van der Waals surface area contributed by atoms with Crippen molar-refractivity contribution >= 4 is 39.1 Å². The zero-order chi connectivity index (χ0) is 23.0. The van der Waals surface area contributed by atoms with E-state index in [0.717, 1.165) is 12.8 Å². The molecule has 2 aromatic carbocycles. The molecule has 0 aliphatic heterocycles. The van der Waals surface area contributed by atoms with Gasteiger partial charge in [-0.25, -0.2) is 4.39 Å². The molecule has 0 radical (unpaired) electrons. The summed E-state index contributed by atoms with van der Waals surface area (Å²) in [5.41, 5.74) is 2.71. The van der Waals surface area contributed by atoms with Crippen LogP contribution < -0.4 is 16.2 Å². The highest BCUT2D eigenvalue weighted by atomic mass is 79.9. The van der Waals surface area contributed by atoms with Crippen molar-refractivity contribution in [2.24, 2.45) is 5.92 Å². The molecule has 3 aromatic rings. The monoisotopic (exact) mass is 497 g/mol. The minimum Gasteiger partial charge on any atom is -0.326 e. The lowest BCUT2D eigenvalue weighted by Gasteiger charge is -2.15. The number of rotatable bonds is 5. The number of carbonyl (C=O) groups excluding carboxylic acids is 2. The minimum absolute atomic E-state index is 0.0262. The third-order valence-corrected chi connectivity index (χ3v) is 5.99. The SMILES string of the molecule is Cc1cc(F)cc(C)c1-n1cc(C(=O)Nc2cc(NC(=O)C3CC3)ccc2Br)ccc1=O. The molecule has 1 aliphatic rings. The second-order valence-electron chi connectivity index (χ2n) is 7.93. The van der Waals surface area contributed by atoms with Crippen LogP contribution in [-0.4, -0.2) is 16.4 Å². The predicted octanol–water partition coefficient (Wildman–Crippen LogP) is 4.96. The van der Waals surface area contributed by atoms with Crippen LogP contribution in [0.1, 0.15) is 34.3 Å². The van der Waals surface area contributed by atoms with Crippen LogP contribution in [0.5, 0.6) is 0 Å². The first-order chi connectivity index (χ1) is 15.2. The lowest BCUT2D eigenvalue weighted by Crippen LogP contribution is -2.22. The molecule has 4 rings (SSSR count). The summed E-state index contributed by atoms with van der Waals surface area (Å²) < 4.78 is 15.7. The van der Waals surface area contributed by atoms with Crippen molar-refractivity contribution in [3.05, 3.63) is 86.0 Å². The van der Waals surface area contributed by atoms with Crippen molar-refractivity contribution in [3.8, 4) is 5.69 Å². The van der Waals surface area contributed by atoms with Gasteiger partial charge in [0.05, 0.1) is 16.9 Å². The van der Waals surface area contributed by atoms with Crippen LogP contribution in [0.4, 0.5) is 15.8 Å². The number of anilines is 2. The number of benzene rings is 2. The fourth-order valence-corrected chi connectivity index (χ4v) is 3.91. The van der Waals surface area contributed by atoms with Gasteiger partial charge < -0.3 is 10.6 Å². The number of nitrogens with one attached hydrogen (secondary N) is 2. The van der Waals surface area contributed by atoms with Gasteiger partial charge in [-0.15, -0.1) is 0 Å². The Balaban J connectivity index is 1.62. The molecule has 2 amide bonds. The molecule has 1 aliphatic carbocycles. The normalized spacial score (nSPS) is 13.0. The summed E-state index contributed by atoms with van der Waals surface area (Å²) in [7, 11) is 0. The molecule has 0 unspecified atom stereocenters. The molecule has 8 heteroatoms. The first-order valence-corrected chi connectivity index (χ1v) is 10.9. The predicted molar refractivity (Wildman–Crippen MR) is 125 cm³/mol. The molecule has 0 spiro atoms. The Morgan fingerprint density at radius 2 is 1.72 bits per heavy atom. The van der Waals surface area contributed by atoms with Gasteiger partial charge in [0, 0.05) is 28.3 Å². The van der Waals surface area contributed by atoms with Crippen LogP contribution >= 0.6 is 15.9 Å². The Hall–Kier alpha value is -3.26. The van der Waals surface area contributed by atoms with Crippen molar-refractivity contribution in [2.75, 3.05) is 10.6 Å². The average Bonchev–Trinajstić information content (AvgIpc) is 3.56. The van der Waals surface area contributed by atoms with E-state index in [2.05, 4.69) is 26.6 Å². The van der Waals surface area contributed by atoms with E-state index in [9.17, 15) is 18.8 Å². The topological polar surface area (TPSA) is 80.2 Å². The Kier molecular flexibility index (Phi) is 5.97. The van der Waals surface area contributed by atoms with Crippen molar-refractivity contribution in [3.63, 3.8) is 0 Å². The Morgan fingerprint density at radius 3 is 2.38 bits per heavy atom. The molecular weight excluding hydrogens is 477 g/mol. The van der Waals surface area contributed by atoms with Crippen LogP contribution in [0.25, 0.3) is 5.69 Å². The van der Waals surface area contributed by atoms with Crippen LogP contribution in [0, 0.1) is 25.6 Å². The fourth-order valence-electron chi connectivity index (χ4n) is 3.56. The standard InChI is InChI=1S/C24H21BrFN3O3/c1-13-9-17(26)10-14(2)22(13)29-12-16(5-8-21(29)30)24(32)28-20-11-18(6-7-19(20)25)27-23(31)15-3-4-15/h5-12,15H,3-4H2,1-2H3,(H,27,31)(H,28,32). The molecule has 6 nitrogen and oxygen atoms in total. The van der Waals surface area contributed by atoms with E-state index in [4.69, 9.17) is 0 Å². The summed E-state index contributed by atoms with van der Waals surface area (Å²) in [4.78, 5) is 37.5. The van der Waals surface area contributed by atoms with Crippen LogP contribution in [-0.2, 0) is 4.79 Å². The zero-order valence-electron chi connectivity index (χ0n) is 17.5. The molecule has 164 valence electrons. The lowest BCUT2D eigenvalue weighted by molar-refractivity contribution is -0.117. The molecule has 0 atom stereocenters. The number of halogens is 2. The average molecular weight is 498 g/mol. The highest BCUT2D eigenvalue weighted by Crippen LogP contribution is 2.32. The fraction of sp³-hybridized carbons (Fsp3) is 0.208. The van der Waals surface area contributed by atoms with E-state index in [1.165, 1.54) is 35.0 Å².